The molecule has 0 saturated carbocycles. The summed E-state index contributed by atoms with van der Waals surface area (Å²) in [5, 5.41) is 7.52. The number of carbonyl (C=O) groups excluding carboxylic acids is 3. The first kappa shape index (κ1) is 261. The molecular formula is C9H52N3O18Y2-. The molecule has 32 heavy (non-hydrogen) atoms. The Hall–Kier alpha value is -0.302. The first-order chi connectivity index (χ1) is 5.70. The summed E-state index contributed by atoms with van der Waals surface area (Å²) in [5.41, 5.74) is 0. The minimum atomic E-state index is -1.71. The molecule has 28 N–H and O–H groups in total. The summed E-state index contributed by atoms with van der Waals surface area (Å²) in [7, 11) is 0. The van der Waals surface area contributed by atoms with Gasteiger partial charge in [-0.05, 0) is 6.47 Å². The van der Waals surface area contributed by atoms with Gasteiger partial charge in [-0.3, -0.25) is 4.89 Å². The van der Waals surface area contributed by atoms with Crippen molar-refractivity contribution in [3.05, 3.63) is 0 Å². The van der Waals surface area contributed by atoms with Crippen LogP contribution in [0.2, 0.25) is 0 Å². The van der Waals surface area contributed by atoms with Crippen LogP contribution in [-0.2, 0) is 94.7 Å². The van der Waals surface area contributed by atoms with Crippen LogP contribution in [-0.4, -0.2) is 73.3 Å². The van der Waals surface area contributed by atoms with E-state index in [-0.39, 0.29) is 178 Å². The van der Waals surface area contributed by atoms with Gasteiger partial charge < -0.3 is 77.4 Å². The Bertz CT molecular complexity index is 213. The first-order valence-electron chi connectivity index (χ1n) is 2.15. The molecule has 218 valence electrons. The van der Waals surface area contributed by atoms with Gasteiger partial charge >= 0.3 is 12.3 Å². The van der Waals surface area contributed by atoms with Gasteiger partial charge in [-0.2, -0.15) is 24.6 Å². The molecule has 0 rings (SSSR count). The average Bonchev–Trinajstić information content (AvgIpc) is 2.10. The van der Waals surface area contributed by atoms with Crippen molar-refractivity contribution in [3.8, 4) is 0 Å². The molecule has 0 aliphatic carbocycles. The van der Waals surface area contributed by atoms with Crippen LogP contribution in [0.4, 0.5) is 9.59 Å². The van der Waals surface area contributed by atoms with Crippen LogP contribution in [0.5, 0.6) is 0 Å². The molecule has 0 aromatic carbocycles. The quantitative estimate of drug-likeness (QED) is 0.127. The van der Waals surface area contributed by atoms with Gasteiger partial charge in [0, 0.05) is 65.4 Å². The molecule has 23 heteroatoms. The van der Waals surface area contributed by atoms with E-state index in [2.05, 4.69) is 24.4 Å². The average molecular weight is 668 g/mol. The molecule has 0 aromatic heterocycles. The molecule has 0 aliphatic heterocycles. The van der Waals surface area contributed by atoms with Crippen LogP contribution in [0, 0.1) is 0 Å². The maximum absolute atomic E-state index is 10.1. The van der Waals surface area contributed by atoms with Gasteiger partial charge in [0.1, 0.15) is 0 Å². The van der Waals surface area contributed by atoms with Gasteiger partial charge in [0.25, 0.3) is 0 Å². The molecule has 0 unspecified atom stereocenters. The van der Waals surface area contributed by atoms with Crippen molar-refractivity contribution in [1.29, 1.82) is 0 Å². The van der Waals surface area contributed by atoms with Crippen molar-refractivity contribution in [2.24, 2.45) is 0 Å². The van der Waals surface area contributed by atoms with E-state index in [1.54, 1.807) is 0 Å². The molecular weight excluding hydrogens is 616 g/mol. The van der Waals surface area contributed by atoms with E-state index in [4.69, 9.17) is 5.26 Å². The summed E-state index contributed by atoms with van der Waals surface area (Å²) in [5.74, 6) is 0. The molecule has 0 fully saturated rings. The molecule has 0 aliphatic rings. The molecule has 2 radical (unpaired) electrons. The van der Waals surface area contributed by atoms with Crippen molar-refractivity contribution in [3.63, 3.8) is 0 Å². The first-order valence-corrected chi connectivity index (χ1v) is 2.15. The van der Waals surface area contributed by atoms with Gasteiger partial charge in [0.2, 0.25) is 0 Å². The smallest absolute Gasteiger partial charge is 0.494 e. The third-order valence-corrected chi connectivity index (χ3v) is 0.396. The van der Waals surface area contributed by atoms with Crippen LogP contribution in [0.3, 0.4) is 0 Å². The van der Waals surface area contributed by atoms with E-state index in [0.717, 1.165) is 0 Å². The Balaban J connectivity index is -0.00000000318. The zero-order valence-corrected chi connectivity index (χ0v) is 18.7. The van der Waals surface area contributed by atoms with Crippen molar-refractivity contribution in [1.82, 2.24) is 18.5 Å². The normalized spacial score (nSPS) is 2.91. The summed E-state index contributed by atoms with van der Waals surface area (Å²) >= 11 is 0. The van der Waals surface area contributed by atoms with Crippen LogP contribution >= 0.6 is 0 Å². The van der Waals surface area contributed by atoms with Gasteiger partial charge in [-0.25, -0.2) is 4.89 Å². The van der Waals surface area contributed by atoms with Gasteiger partial charge in [-0.15, -0.1) is 0 Å². The van der Waals surface area contributed by atoms with Gasteiger partial charge in [0.15, 0.2) is 0 Å². The van der Waals surface area contributed by atoms with Gasteiger partial charge in [-0.1, -0.05) is 44.6 Å². The Kier molecular flexibility index (Phi) is 1610. The van der Waals surface area contributed by atoms with Crippen LogP contribution < -0.4 is 18.5 Å². The van der Waals surface area contributed by atoms with Gasteiger partial charge in [0.05, 0.1) is 0 Å². The van der Waals surface area contributed by atoms with Crippen LogP contribution in [0.15, 0.2) is 0 Å². The van der Waals surface area contributed by atoms with Crippen molar-refractivity contribution in [2.75, 3.05) is 0 Å². The monoisotopic (exact) mass is 668 g/mol. The van der Waals surface area contributed by atoms with E-state index in [1.807, 2.05) is 0 Å². The van der Waals surface area contributed by atoms with Crippen molar-refractivity contribution >= 4 is 18.8 Å². The molecule has 0 atom stereocenters. The number of carbonyl (C=O) groups is 2. The van der Waals surface area contributed by atoms with E-state index in [1.165, 1.54) is 0 Å². The summed E-state index contributed by atoms with van der Waals surface area (Å²) in [6.45, 7) is 0.706. The third kappa shape index (κ3) is 214. The third-order valence-electron chi connectivity index (χ3n) is 0.396. The topological polar surface area (TPSA) is 506 Å². The van der Waals surface area contributed by atoms with E-state index in [9.17, 15) is 14.4 Å². The predicted octanol–water partition coefficient (Wildman–Crippen LogP) is -3.45. The van der Waals surface area contributed by atoms with Crippen LogP contribution in [0.25, 0.3) is 0 Å². The second-order valence-corrected chi connectivity index (χ2v) is 1.01. The molecule has 0 saturated heterocycles. The minimum Gasteiger partial charge on any atom is -0.494 e. The molecule has 0 amide bonds. The zero-order chi connectivity index (χ0) is 9.40. The number of hydrogen-bond acceptors (Lipinski definition) is 12. The number of rotatable bonds is 2. The number of hydrogen-bond donors (Lipinski definition) is 4. The van der Waals surface area contributed by atoms with E-state index >= 15 is 0 Å². The maximum Gasteiger partial charge on any atom is 0.589 e. The predicted molar refractivity (Wildman–Crippen MR) is 113 cm³/mol. The van der Waals surface area contributed by atoms with E-state index < -0.39 is 12.3 Å². The second-order valence-electron chi connectivity index (χ2n) is 1.01. The Morgan fingerprint density at radius 1 is 0.531 bits per heavy atom. The standard InChI is InChI=1S/C3HO9.6CH4.3H3N.9H2O.2Y/c4-1-8-10-3(6)12-11-2(5)9-7;;;;;;;;;;;;;;;;;;;;/h7H;6*1H4;3*1H3;9*1H2;;/q-1;;;;;;;;;;;;;;;;;;;;. The molecule has 0 aromatic rings. The SMILES string of the molecule is C.C.C.C.C.C.N.N.N.O.O.O.O.O.O.O.O.O.O=[C-]OOC(=O)OOC(=O)OO.[Y].[Y]. The van der Waals surface area contributed by atoms with Crippen LogP contribution in [0.1, 0.15) is 44.6 Å². The van der Waals surface area contributed by atoms with E-state index in [0.29, 0.717) is 6.47 Å². The fourth-order valence-electron chi connectivity index (χ4n) is 0.148. The summed E-state index contributed by atoms with van der Waals surface area (Å²) in [4.78, 5) is 45.5. The molecule has 0 spiro atoms. The minimum absolute atomic E-state index is 0. The Morgan fingerprint density at radius 2 is 0.750 bits per heavy atom. The summed E-state index contributed by atoms with van der Waals surface area (Å²) < 4.78 is 0. The summed E-state index contributed by atoms with van der Waals surface area (Å²) in [6.07, 6.45) is -3.37. The maximum atomic E-state index is 10.1. The fraction of sp³-hybridized carbons (Fsp3) is 0.667. The zero-order valence-electron chi connectivity index (χ0n) is 13.0. The Morgan fingerprint density at radius 3 is 0.938 bits per heavy atom. The molecule has 0 heterocycles. The summed E-state index contributed by atoms with van der Waals surface area (Å²) in [6, 6.07) is 0. The molecule has 21 nitrogen and oxygen atoms in total. The van der Waals surface area contributed by atoms with Crippen molar-refractivity contribution in [2.45, 2.75) is 44.6 Å². The van der Waals surface area contributed by atoms with Crippen molar-refractivity contribution < 1.29 is 159 Å². The molecule has 0 bridgehead atoms. The second kappa shape index (κ2) is 198. The fourth-order valence-corrected chi connectivity index (χ4v) is 0.148. The largest absolute Gasteiger partial charge is 0.589 e. The Labute approximate surface area is 239 Å².